The Morgan fingerprint density at radius 3 is 2.73 bits per heavy atom. The van der Waals surface area contributed by atoms with E-state index in [1.165, 1.54) is 17.2 Å². The van der Waals surface area contributed by atoms with Crippen LogP contribution < -0.4 is 10.2 Å². The molecule has 0 radical (unpaired) electrons. The summed E-state index contributed by atoms with van der Waals surface area (Å²) in [5.74, 6) is 0.123. The van der Waals surface area contributed by atoms with Gasteiger partial charge in [-0.1, -0.05) is 29.3 Å². The summed E-state index contributed by atoms with van der Waals surface area (Å²) in [7, 11) is 0. The first-order valence-electron chi connectivity index (χ1n) is 7.35. The molecule has 132 valence electrons. The number of tetrazole rings is 1. The molecule has 0 saturated carbocycles. The minimum absolute atomic E-state index is 0.185. The van der Waals surface area contributed by atoms with Crippen molar-refractivity contribution in [1.82, 2.24) is 25.6 Å². The quantitative estimate of drug-likeness (QED) is 0.515. The van der Waals surface area contributed by atoms with E-state index in [2.05, 4.69) is 26.1 Å². The van der Waals surface area contributed by atoms with Crippen LogP contribution in [0.1, 0.15) is 5.56 Å². The summed E-state index contributed by atoms with van der Waals surface area (Å²) in [6.07, 6.45) is 2.91. The third kappa shape index (κ3) is 4.78. The number of carbonyl (C=O) groups is 1. The van der Waals surface area contributed by atoms with Crippen LogP contribution in [0.3, 0.4) is 0 Å². The number of halogens is 2. The fourth-order valence-corrected chi connectivity index (χ4v) is 2.39. The summed E-state index contributed by atoms with van der Waals surface area (Å²) in [4.78, 5) is 11.8. The van der Waals surface area contributed by atoms with Crippen LogP contribution in [-0.2, 0) is 4.79 Å². The van der Waals surface area contributed by atoms with Crippen molar-refractivity contribution in [2.75, 3.05) is 6.61 Å². The second-order valence-corrected chi connectivity index (χ2v) is 5.84. The van der Waals surface area contributed by atoms with Crippen LogP contribution in [0.25, 0.3) is 5.69 Å². The maximum atomic E-state index is 11.8. The monoisotopic (exact) mass is 390 g/mol. The molecular weight excluding hydrogens is 379 g/mol. The van der Waals surface area contributed by atoms with Crippen molar-refractivity contribution in [3.8, 4) is 11.4 Å². The normalized spacial score (nSPS) is 10.8. The van der Waals surface area contributed by atoms with E-state index in [0.29, 0.717) is 21.4 Å². The topological polar surface area (TPSA) is 94.3 Å². The highest BCUT2D eigenvalue weighted by Gasteiger charge is 2.03. The largest absolute Gasteiger partial charge is 0.484 e. The Labute approximate surface area is 158 Å². The van der Waals surface area contributed by atoms with E-state index in [1.807, 2.05) is 0 Å². The number of carbonyl (C=O) groups excluding carboxylic acids is 1. The predicted molar refractivity (Wildman–Crippen MR) is 96.8 cm³/mol. The average molecular weight is 391 g/mol. The predicted octanol–water partition coefficient (Wildman–Crippen LogP) is 2.50. The van der Waals surface area contributed by atoms with E-state index in [-0.39, 0.29) is 6.61 Å². The fraction of sp³-hybridized carbons (Fsp3) is 0.0625. The van der Waals surface area contributed by atoms with Crippen molar-refractivity contribution in [3.05, 3.63) is 64.4 Å². The molecule has 0 atom stereocenters. The lowest BCUT2D eigenvalue weighted by molar-refractivity contribution is -0.123. The number of nitrogens with zero attached hydrogens (tertiary/aromatic N) is 5. The van der Waals surface area contributed by atoms with Gasteiger partial charge in [0.05, 0.1) is 16.9 Å². The Morgan fingerprint density at radius 1 is 1.23 bits per heavy atom. The zero-order valence-electron chi connectivity index (χ0n) is 13.2. The highest BCUT2D eigenvalue weighted by molar-refractivity contribution is 6.36. The first-order chi connectivity index (χ1) is 12.6. The molecule has 0 aliphatic carbocycles. The highest BCUT2D eigenvalue weighted by atomic mass is 35.5. The summed E-state index contributed by atoms with van der Waals surface area (Å²) < 4.78 is 6.90. The molecule has 0 bridgehead atoms. The molecule has 0 fully saturated rings. The molecule has 3 aromatic rings. The van der Waals surface area contributed by atoms with E-state index in [1.54, 1.807) is 42.5 Å². The van der Waals surface area contributed by atoms with Crippen LogP contribution >= 0.6 is 23.2 Å². The van der Waals surface area contributed by atoms with Crippen molar-refractivity contribution in [1.29, 1.82) is 0 Å². The van der Waals surface area contributed by atoms with Crippen LogP contribution in [0.15, 0.2) is 53.9 Å². The molecule has 0 saturated heterocycles. The van der Waals surface area contributed by atoms with E-state index in [0.717, 1.165) is 5.69 Å². The second-order valence-electron chi connectivity index (χ2n) is 5.00. The van der Waals surface area contributed by atoms with Gasteiger partial charge in [-0.15, -0.1) is 5.10 Å². The Morgan fingerprint density at radius 2 is 2.04 bits per heavy atom. The van der Waals surface area contributed by atoms with Crippen LogP contribution in [0.5, 0.6) is 5.75 Å². The van der Waals surface area contributed by atoms with Crippen molar-refractivity contribution in [2.45, 2.75) is 0 Å². The molecule has 3 rings (SSSR count). The number of ether oxygens (including phenoxy) is 1. The lowest BCUT2D eigenvalue weighted by atomic mass is 10.2. The second kappa shape index (κ2) is 8.41. The molecule has 10 heteroatoms. The number of rotatable bonds is 6. The number of amides is 1. The smallest absolute Gasteiger partial charge is 0.277 e. The lowest BCUT2D eigenvalue weighted by Crippen LogP contribution is -2.24. The van der Waals surface area contributed by atoms with E-state index < -0.39 is 5.91 Å². The number of benzene rings is 2. The van der Waals surface area contributed by atoms with Crippen LogP contribution in [0, 0.1) is 0 Å². The van der Waals surface area contributed by atoms with Crippen molar-refractivity contribution in [3.63, 3.8) is 0 Å². The Kier molecular flexibility index (Phi) is 5.77. The zero-order valence-corrected chi connectivity index (χ0v) is 14.7. The van der Waals surface area contributed by atoms with Gasteiger partial charge in [-0.2, -0.15) is 5.10 Å². The maximum Gasteiger partial charge on any atom is 0.277 e. The van der Waals surface area contributed by atoms with E-state index in [4.69, 9.17) is 27.9 Å². The van der Waals surface area contributed by atoms with Crippen LogP contribution in [0.4, 0.5) is 0 Å². The van der Waals surface area contributed by atoms with Gasteiger partial charge in [-0.3, -0.25) is 4.79 Å². The molecule has 0 unspecified atom stereocenters. The van der Waals surface area contributed by atoms with Gasteiger partial charge in [0.2, 0.25) is 0 Å². The molecule has 1 N–H and O–H groups in total. The van der Waals surface area contributed by atoms with Gasteiger partial charge < -0.3 is 4.74 Å². The van der Waals surface area contributed by atoms with Gasteiger partial charge in [0.1, 0.15) is 12.1 Å². The lowest BCUT2D eigenvalue weighted by Gasteiger charge is -2.06. The molecule has 1 amide bonds. The van der Waals surface area contributed by atoms with E-state index in [9.17, 15) is 4.79 Å². The first-order valence-corrected chi connectivity index (χ1v) is 8.10. The number of hydrogen-bond acceptors (Lipinski definition) is 6. The molecule has 8 nitrogen and oxygen atoms in total. The van der Waals surface area contributed by atoms with Crippen molar-refractivity contribution >= 4 is 35.3 Å². The van der Waals surface area contributed by atoms with Gasteiger partial charge in [0.25, 0.3) is 5.91 Å². The average Bonchev–Trinajstić information content (AvgIpc) is 3.17. The minimum Gasteiger partial charge on any atom is -0.484 e. The fourth-order valence-electron chi connectivity index (χ4n) is 1.94. The zero-order chi connectivity index (χ0) is 18.4. The molecule has 0 spiro atoms. The van der Waals surface area contributed by atoms with Crippen LogP contribution in [0.2, 0.25) is 10.0 Å². The first kappa shape index (κ1) is 17.8. The Balaban J connectivity index is 1.48. The molecule has 0 aliphatic heterocycles. The summed E-state index contributed by atoms with van der Waals surface area (Å²) in [6.45, 7) is -0.185. The SMILES string of the molecule is O=C(COc1ccc(-n2cnnn2)cc1)N/N=C\c1ccc(Cl)cc1Cl. The summed E-state index contributed by atoms with van der Waals surface area (Å²) in [5.41, 5.74) is 3.77. The third-order valence-corrected chi connectivity index (χ3v) is 3.74. The number of aromatic nitrogens is 4. The standard InChI is InChI=1S/C16H12Cl2N6O2/c17-12-2-1-11(15(18)7-12)8-19-21-16(25)9-26-14-5-3-13(4-6-14)24-10-20-22-23-24/h1-8,10H,9H2,(H,21,25)/b19-8-. The Bertz CT molecular complexity index is 913. The molecule has 26 heavy (non-hydrogen) atoms. The third-order valence-electron chi connectivity index (χ3n) is 3.18. The van der Waals surface area contributed by atoms with Gasteiger partial charge in [-0.25, -0.2) is 10.1 Å². The summed E-state index contributed by atoms with van der Waals surface area (Å²) in [6, 6.07) is 11.9. The highest BCUT2D eigenvalue weighted by Crippen LogP contribution is 2.19. The maximum absolute atomic E-state index is 11.8. The molecule has 1 aromatic heterocycles. The molecular formula is C16H12Cl2N6O2. The number of nitrogens with one attached hydrogen (secondary N) is 1. The summed E-state index contributed by atoms with van der Waals surface area (Å²) in [5, 5.41) is 15.7. The number of hydrazone groups is 1. The molecule has 2 aromatic carbocycles. The van der Waals surface area contributed by atoms with Crippen molar-refractivity contribution < 1.29 is 9.53 Å². The molecule has 0 aliphatic rings. The summed E-state index contributed by atoms with van der Waals surface area (Å²) >= 11 is 11.8. The van der Waals surface area contributed by atoms with Gasteiger partial charge in [-0.05, 0) is 46.8 Å². The molecule has 1 heterocycles. The van der Waals surface area contributed by atoms with Crippen molar-refractivity contribution in [2.24, 2.45) is 5.10 Å². The number of hydrogen-bond donors (Lipinski definition) is 1. The van der Waals surface area contributed by atoms with Gasteiger partial charge >= 0.3 is 0 Å². The van der Waals surface area contributed by atoms with E-state index >= 15 is 0 Å². The van der Waals surface area contributed by atoms with Gasteiger partial charge in [0, 0.05) is 10.6 Å². The van der Waals surface area contributed by atoms with Crippen LogP contribution in [-0.4, -0.2) is 38.9 Å². The van der Waals surface area contributed by atoms with Gasteiger partial charge in [0.15, 0.2) is 6.61 Å². The Hall–Kier alpha value is -2.97. The minimum atomic E-state index is -0.407.